The van der Waals surface area contributed by atoms with Crippen molar-refractivity contribution < 1.29 is 23.8 Å². The molecule has 21 heavy (non-hydrogen) atoms. The summed E-state index contributed by atoms with van der Waals surface area (Å²) in [7, 11) is 5.99. The molecular formula is C15H21NO5. The number of carbonyl (C=O) groups is 2. The third-order valence-electron chi connectivity index (χ3n) is 3.14. The normalized spacial score (nSPS) is 11.5. The van der Waals surface area contributed by atoms with E-state index in [1.54, 1.807) is 39.3 Å². The molecule has 0 heterocycles. The highest BCUT2D eigenvalue weighted by molar-refractivity contribution is 5.97. The molecule has 0 aliphatic heterocycles. The van der Waals surface area contributed by atoms with Crippen LogP contribution in [0.2, 0.25) is 0 Å². The van der Waals surface area contributed by atoms with E-state index in [2.05, 4.69) is 4.74 Å². The van der Waals surface area contributed by atoms with Crippen LogP contribution in [0.4, 0.5) is 0 Å². The third-order valence-corrected chi connectivity index (χ3v) is 3.14. The topological polar surface area (TPSA) is 65.1 Å². The Balaban J connectivity index is 2.90. The molecule has 0 bridgehead atoms. The first-order valence-electron chi connectivity index (χ1n) is 6.49. The highest BCUT2D eigenvalue weighted by atomic mass is 16.5. The molecule has 1 aromatic carbocycles. The molecule has 0 saturated carbocycles. The smallest absolute Gasteiger partial charge is 0.310 e. The average molecular weight is 295 g/mol. The van der Waals surface area contributed by atoms with Gasteiger partial charge < -0.3 is 19.1 Å². The molecule has 6 nitrogen and oxygen atoms in total. The molecule has 1 aromatic rings. The number of benzene rings is 1. The SMILES string of the molecule is COC(=O)C(C)CN(C)C(=O)c1ccc(OC)cc1OC. The Morgan fingerprint density at radius 2 is 1.86 bits per heavy atom. The van der Waals surface area contributed by atoms with Crippen LogP contribution in [0.25, 0.3) is 0 Å². The van der Waals surface area contributed by atoms with Gasteiger partial charge in [-0.15, -0.1) is 0 Å². The molecule has 1 amide bonds. The molecule has 116 valence electrons. The van der Waals surface area contributed by atoms with Crippen LogP contribution in [0.15, 0.2) is 18.2 Å². The van der Waals surface area contributed by atoms with Crippen LogP contribution in [0.5, 0.6) is 11.5 Å². The van der Waals surface area contributed by atoms with Gasteiger partial charge in [0.1, 0.15) is 11.5 Å². The molecule has 0 aromatic heterocycles. The summed E-state index contributed by atoms with van der Waals surface area (Å²) in [5.74, 6) is 0.0562. The van der Waals surface area contributed by atoms with Crippen molar-refractivity contribution in [2.24, 2.45) is 5.92 Å². The van der Waals surface area contributed by atoms with E-state index in [1.807, 2.05) is 0 Å². The summed E-state index contributed by atoms with van der Waals surface area (Å²) in [6, 6.07) is 4.97. The minimum absolute atomic E-state index is 0.231. The van der Waals surface area contributed by atoms with Crippen LogP contribution in [-0.2, 0) is 9.53 Å². The van der Waals surface area contributed by atoms with Gasteiger partial charge in [0, 0.05) is 19.7 Å². The van der Waals surface area contributed by atoms with Crippen LogP contribution in [0.1, 0.15) is 17.3 Å². The van der Waals surface area contributed by atoms with E-state index in [-0.39, 0.29) is 18.4 Å². The first kappa shape index (κ1) is 16.8. The lowest BCUT2D eigenvalue weighted by molar-refractivity contribution is -0.145. The minimum atomic E-state index is -0.395. The second-order valence-corrected chi connectivity index (χ2v) is 4.68. The predicted molar refractivity (Wildman–Crippen MR) is 77.7 cm³/mol. The van der Waals surface area contributed by atoms with Gasteiger partial charge in [-0.25, -0.2) is 0 Å². The van der Waals surface area contributed by atoms with E-state index < -0.39 is 5.92 Å². The average Bonchev–Trinajstić information content (AvgIpc) is 2.52. The van der Waals surface area contributed by atoms with Crippen molar-refractivity contribution in [2.75, 3.05) is 34.9 Å². The van der Waals surface area contributed by atoms with Crippen LogP contribution < -0.4 is 9.47 Å². The quantitative estimate of drug-likeness (QED) is 0.746. The predicted octanol–water partition coefficient (Wildman–Crippen LogP) is 1.58. The van der Waals surface area contributed by atoms with Gasteiger partial charge in [-0.1, -0.05) is 6.92 Å². The number of methoxy groups -OCH3 is 3. The molecule has 0 N–H and O–H groups in total. The Bertz CT molecular complexity index is 515. The standard InChI is InChI=1S/C15H21NO5/c1-10(15(18)21-5)9-16(2)14(17)12-7-6-11(19-3)8-13(12)20-4/h6-8,10H,9H2,1-5H3. The summed E-state index contributed by atoms with van der Waals surface area (Å²) in [6.07, 6.45) is 0. The molecule has 1 unspecified atom stereocenters. The Labute approximate surface area is 124 Å². The lowest BCUT2D eigenvalue weighted by Gasteiger charge is -2.21. The van der Waals surface area contributed by atoms with E-state index in [0.717, 1.165) is 0 Å². The van der Waals surface area contributed by atoms with Crippen molar-refractivity contribution >= 4 is 11.9 Å². The maximum atomic E-state index is 12.4. The van der Waals surface area contributed by atoms with Crippen molar-refractivity contribution in [3.8, 4) is 11.5 Å². The molecule has 0 aliphatic carbocycles. The number of nitrogens with zero attached hydrogens (tertiary/aromatic N) is 1. The number of ether oxygens (including phenoxy) is 3. The van der Waals surface area contributed by atoms with Gasteiger partial charge in [0.15, 0.2) is 0 Å². The fraction of sp³-hybridized carbons (Fsp3) is 0.467. The molecule has 6 heteroatoms. The third kappa shape index (κ3) is 4.11. The molecule has 0 radical (unpaired) electrons. The molecule has 0 fully saturated rings. The van der Waals surface area contributed by atoms with Crippen molar-refractivity contribution in [1.82, 2.24) is 4.90 Å². The van der Waals surface area contributed by atoms with E-state index >= 15 is 0 Å². The van der Waals surface area contributed by atoms with E-state index in [9.17, 15) is 9.59 Å². The zero-order valence-electron chi connectivity index (χ0n) is 13.0. The van der Waals surface area contributed by atoms with Crippen molar-refractivity contribution in [2.45, 2.75) is 6.92 Å². The first-order chi connectivity index (χ1) is 9.94. The highest BCUT2D eigenvalue weighted by Gasteiger charge is 2.22. The second-order valence-electron chi connectivity index (χ2n) is 4.68. The lowest BCUT2D eigenvalue weighted by Crippen LogP contribution is -2.34. The zero-order chi connectivity index (χ0) is 16.0. The second kappa shape index (κ2) is 7.52. The Morgan fingerprint density at radius 1 is 1.19 bits per heavy atom. The molecule has 1 atom stereocenters. The monoisotopic (exact) mass is 295 g/mol. The zero-order valence-corrected chi connectivity index (χ0v) is 13.0. The summed E-state index contributed by atoms with van der Waals surface area (Å²) < 4.78 is 15.0. The Hall–Kier alpha value is -2.24. The molecule has 0 aliphatic rings. The number of carbonyl (C=O) groups excluding carboxylic acids is 2. The Kier molecular flexibility index (Phi) is 6.02. The van der Waals surface area contributed by atoms with Gasteiger partial charge in [-0.2, -0.15) is 0 Å². The van der Waals surface area contributed by atoms with E-state index in [0.29, 0.717) is 17.1 Å². The van der Waals surface area contributed by atoms with Crippen molar-refractivity contribution in [3.63, 3.8) is 0 Å². The summed E-state index contributed by atoms with van der Waals surface area (Å²) in [4.78, 5) is 25.3. The Morgan fingerprint density at radius 3 is 2.38 bits per heavy atom. The molecular weight excluding hydrogens is 274 g/mol. The number of hydrogen-bond donors (Lipinski definition) is 0. The summed E-state index contributed by atoms with van der Waals surface area (Å²) in [6.45, 7) is 1.97. The summed E-state index contributed by atoms with van der Waals surface area (Å²) in [5, 5.41) is 0. The highest BCUT2D eigenvalue weighted by Crippen LogP contribution is 2.25. The number of hydrogen-bond acceptors (Lipinski definition) is 5. The molecule has 0 spiro atoms. The van der Waals surface area contributed by atoms with Gasteiger partial charge in [-0.3, -0.25) is 9.59 Å². The number of esters is 1. The summed E-state index contributed by atoms with van der Waals surface area (Å²) >= 11 is 0. The lowest BCUT2D eigenvalue weighted by atomic mass is 10.1. The minimum Gasteiger partial charge on any atom is -0.497 e. The van der Waals surface area contributed by atoms with Crippen LogP contribution in [0, 0.1) is 5.92 Å². The van der Waals surface area contributed by atoms with E-state index in [4.69, 9.17) is 9.47 Å². The molecule has 0 saturated heterocycles. The van der Waals surface area contributed by atoms with Gasteiger partial charge in [0.2, 0.25) is 0 Å². The number of amides is 1. The van der Waals surface area contributed by atoms with Gasteiger partial charge >= 0.3 is 5.97 Å². The number of rotatable bonds is 6. The van der Waals surface area contributed by atoms with Gasteiger partial charge in [0.05, 0.1) is 32.8 Å². The van der Waals surface area contributed by atoms with Crippen LogP contribution >= 0.6 is 0 Å². The van der Waals surface area contributed by atoms with Crippen LogP contribution in [0.3, 0.4) is 0 Å². The summed E-state index contributed by atoms with van der Waals surface area (Å²) in [5.41, 5.74) is 0.415. The van der Waals surface area contributed by atoms with Crippen LogP contribution in [-0.4, -0.2) is 51.7 Å². The van der Waals surface area contributed by atoms with Gasteiger partial charge in [-0.05, 0) is 12.1 Å². The van der Waals surface area contributed by atoms with E-state index in [1.165, 1.54) is 19.1 Å². The fourth-order valence-electron chi connectivity index (χ4n) is 1.95. The maximum absolute atomic E-state index is 12.4. The first-order valence-corrected chi connectivity index (χ1v) is 6.49. The van der Waals surface area contributed by atoms with Gasteiger partial charge in [0.25, 0.3) is 5.91 Å². The molecule has 1 rings (SSSR count). The van der Waals surface area contributed by atoms with Crippen molar-refractivity contribution in [3.05, 3.63) is 23.8 Å². The fourth-order valence-corrected chi connectivity index (χ4v) is 1.95. The maximum Gasteiger partial charge on any atom is 0.310 e. The largest absolute Gasteiger partial charge is 0.497 e. The van der Waals surface area contributed by atoms with Crippen molar-refractivity contribution in [1.29, 1.82) is 0 Å².